The van der Waals surface area contributed by atoms with Crippen LogP contribution >= 0.6 is 0 Å². The van der Waals surface area contributed by atoms with Gasteiger partial charge >= 0.3 is 6.61 Å². The summed E-state index contributed by atoms with van der Waals surface area (Å²) in [7, 11) is 2.13. The highest BCUT2D eigenvalue weighted by atomic mass is 19.3. The second-order valence-electron chi connectivity index (χ2n) is 7.85. The van der Waals surface area contributed by atoms with Crippen molar-refractivity contribution in [3.05, 3.63) is 53.2 Å². The minimum Gasteiger partial charge on any atom is -0.434 e. The number of aryl methyl sites for hydroxylation is 1. The number of anilines is 1. The molecule has 1 aliphatic rings. The number of pyridine rings is 1. The summed E-state index contributed by atoms with van der Waals surface area (Å²) < 4.78 is 30.1. The van der Waals surface area contributed by atoms with E-state index in [1.54, 1.807) is 12.1 Å². The Balaban J connectivity index is 1.66. The van der Waals surface area contributed by atoms with Crippen molar-refractivity contribution in [2.75, 3.05) is 44.7 Å². The Labute approximate surface area is 188 Å². The van der Waals surface area contributed by atoms with Crippen LogP contribution in [-0.4, -0.2) is 62.2 Å². The molecular formula is C23H32F2N6O. The van der Waals surface area contributed by atoms with Crippen LogP contribution < -0.4 is 20.3 Å². The molecule has 0 amide bonds. The lowest BCUT2D eigenvalue weighted by atomic mass is 10.1. The molecule has 2 heterocycles. The molecule has 174 valence electrons. The number of piperazine rings is 1. The summed E-state index contributed by atoms with van der Waals surface area (Å²) in [5.74, 6) is 1.74. The third-order valence-corrected chi connectivity index (χ3v) is 5.28. The molecule has 7 nitrogen and oxygen atoms in total. The topological polar surface area (TPSA) is 65.0 Å². The first-order chi connectivity index (χ1) is 15.4. The maximum absolute atomic E-state index is 12.7. The Kier molecular flexibility index (Phi) is 8.61. The summed E-state index contributed by atoms with van der Waals surface area (Å²) in [6, 6.07) is 9.19. The summed E-state index contributed by atoms with van der Waals surface area (Å²) in [6.45, 7) is 6.47. The third-order valence-electron chi connectivity index (χ3n) is 5.28. The zero-order chi connectivity index (χ0) is 22.9. The molecule has 0 bridgehead atoms. The number of alkyl halides is 2. The monoisotopic (exact) mass is 446 g/mol. The van der Waals surface area contributed by atoms with Gasteiger partial charge in [0.2, 0.25) is 0 Å². The number of nitrogens with zero attached hydrogens (tertiary/aromatic N) is 4. The molecule has 1 saturated heterocycles. The van der Waals surface area contributed by atoms with Crippen LogP contribution in [0.4, 0.5) is 14.6 Å². The molecular weight excluding hydrogens is 414 g/mol. The summed E-state index contributed by atoms with van der Waals surface area (Å²) in [4.78, 5) is 13.8. The molecule has 9 heteroatoms. The highest BCUT2D eigenvalue weighted by Gasteiger charge is 2.15. The summed E-state index contributed by atoms with van der Waals surface area (Å²) >= 11 is 0. The van der Waals surface area contributed by atoms with Gasteiger partial charge in [0, 0.05) is 51.0 Å². The number of ether oxygens (including phenoxy) is 1. The van der Waals surface area contributed by atoms with Crippen LogP contribution in [0.5, 0.6) is 5.75 Å². The molecule has 0 radical (unpaired) electrons. The molecule has 0 spiro atoms. The average molecular weight is 447 g/mol. The maximum atomic E-state index is 12.7. The standard InChI is InChI=1S/C23H32F2N6O/c1-4-26-23(29-16-19-13-17(2)5-6-20(19)32-22(24)25)28-15-18-7-8-27-21(14-18)31-11-9-30(3)10-12-31/h5-8,13-14,22H,4,9-12,15-16H2,1-3H3,(H2,26,28,29). The van der Waals surface area contributed by atoms with E-state index in [1.807, 2.05) is 32.2 Å². The van der Waals surface area contributed by atoms with Crippen molar-refractivity contribution in [3.8, 4) is 5.75 Å². The summed E-state index contributed by atoms with van der Waals surface area (Å²) in [5, 5.41) is 6.41. The van der Waals surface area contributed by atoms with E-state index in [2.05, 4.69) is 48.3 Å². The fourth-order valence-electron chi connectivity index (χ4n) is 3.52. The zero-order valence-electron chi connectivity index (χ0n) is 18.9. The summed E-state index contributed by atoms with van der Waals surface area (Å²) in [6.07, 6.45) is 1.82. The molecule has 0 unspecified atom stereocenters. The van der Waals surface area contributed by atoms with Gasteiger partial charge in [-0.2, -0.15) is 8.78 Å². The van der Waals surface area contributed by atoms with Crippen LogP contribution in [0.25, 0.3) is 0 Å². The van der Waals surface area contributed by atoms with Gasteiger partial charge in [-0.1, -0.05) is 17.7 Å². The predicted molar refractivity (Wildman–Crippen MR) is 123 cm³/mol. The Morgan fingerprint density at radius 1 is 1.16 bits per heavy atom. The smallest absolute Gasteiger partial charge is 0.387 e. The fraction of sp³-hybridized carbons (Fsp3) is 0.478. The Morgan fingerprint density at radius 2 is 1.94 bits per heavy atom. The van der Waals surface area contributed by atoms with Gasteiger partial charge in [0.1, 0.15) is 11.6 Å². The van der Waals surface area contributed by atoms with Crippen LogP contribution in [-0.2, 0) is 13.1 Å². The Morgan fingerprint density at radius 3 is 2.66 bits per heavy atom. The second kappa shape index (κ2) is 11.6. The molecule has 1 aromatic heterocycles. The van der Waals surface area contributed by atoms with Crippen LogP contribution in [0.15, 0.2) is 41.5 Å². The molecule has 32 heavy (non-hydrogen) atoms. The van der Waals surface area contributed by atoms with Crippen molar-refractivity contribution >= 4 is 11.8 Å². The number of hydrogen-bond donors (Lipinski definition) is 2. The van der Waals surface area contributed by atoms with E-state index in [-0.39, 0.29) is 5.75 Å². The zero-order valence-corrected chi connectivity index (χ0v) is 18.9. The van der Waals surface area contributed by atoms with Crippen LogP contribution in [0, 0.1) is 6.92 Å². The molecule has 2 aromatic rings. The number of aliphatic imine (C=N–C) groups is 1. The highest BCUT2D eigenvalue weighted by molar-refractivity contribution is 5.79. The first-order valence-corrected chi connectivity index (χ1v) is 10.9. The van der Waals surface area contributed by atoms with E-state index in [4.69, 9.17) is 0 Å². The number of halogens is 2. The van der Waals surface area contributed by atoms with Crippen molar-refractivity contribution in [1.29, 1.82) is 0 Å². The quantitative estimate of drug-likeness (QED) is 0.480. The van der Waals surface area contributed by atoms with E-state index in [1.165, 1.54) is 0 Å². The van der Waals surface area contributed by atoms with Crippen molar-refractivity contribution in [1.82, 2.24) is 20.5 Å². The number of aromatic nitrogens is 1. The number of rotatable bonds is 8. The molecule has 0 atom stereocenters. The lowest BCUT2D eigenvalue weighted by Gasteiger charge is -2.33. The molecule has 0 saturated carbocycles. The fourth-order valence-corrected chi connectivity index (χ4v) is 3.52. The van der Waals surface area contributed by atoms with E-state index < -0.39 is 6.61 Å². The molecule has 1 aliphatic heterocycles. The normalized spacial score (nSPS) is 15.2. The average Bonchev–Trinajstić information content (AvgIpc) is 2.77. The largest absolute Gasteiger partial charge is 0.434 e. The van der Waals surface area contributed by atoms with Gasteiger partial charge in [-0.25, -0.2) is 9.98 Å². The number of likely N-dealkylation sites (N-methyl/N-ethyl adjacent to an activating group) is 1. The third kappa shape index (κ3) is 7.05. The molecule has 0 aliphatic carbocycles. The van der Waals surface area contributed by atoms with Gasteiger partial charge in [0.15, 0.2) is 5.96 Å². The minimum atomic E-state index is -2.86. The molecule has 2 N–H and O–H groups in total. The molecule has 3 rings (SSSR count). The van der Waals surface area contributed by atoms with Crippen LogP contribution in [0.1, 0.15) is 23.6 Å². The number of nitrogens with one attached hydrogen (secondary N) is 2. The van der Waals surface area contributed by atoms with Gasteiger partial charge in [-0.3, -0.25) is 0 Å². The van der Waals surface area contributed by atoms with Crippen LogP contribution in [0.3, 0.4) is 0 Å². The second-order valence-corrected chi connectivity index (χ2v) is 7.85. The van der Waals surface area contributed by atoms with Gasteiger partial charge in [0.25, 0.3) is 0 Å². The van der Waals surface area contributed by atoms with Crippen LogP contribution in [0.2, 0.25) is 0 Å². The van der Waals surface area contributed by atoms with E-state index in [0.29, 0.717) is 31.2 Å². The SMILES string of the molecule is CCNC(=NCc1ccnc(N2CCN(C)CC2)c1)NCc1cc(C)ccc1OC(F)F. The predicted octanol–water partition coefficient (Wildman–Crippen LogP) is 3.00. The van der Waals surface area contributed by atoms with Crippen molar-refractivity contribution in [2.24, 2.45) is 4.99 Å². The molecule has 1 fully saturated rings. The molecule has 1 aromatic carbocycles. The number of guanidine groups is 1. The minimum absolute atomic E-state index is 0.167. The van der Waals surface area contributed by atoms with Crippen molar-refractivity contribution in [3.63, 3.8) is 0 Å². The Bertz CT molecular complexity index is 900. The lowest BCUT2D eigenvalue weighted by molar-refractivity contribution is -0.0504. The van der Waals surface area contributed by atoms with E-state index >= 15 is 0 Å². The first-order valence-electron chi connectivity index (χ1n) is 10.9. The first kappa shape index (κ1) is 23.7. The van der Waals surface area contributed by atoms with Gasteiger partial charge < -0.3 is 25.2 Å². The van der Waals surface area contributed by atoms with Crippen molar-refractivity contribution < 1.29 is 13.5 Å². The van der Waals surface area contributed by atoms with Gasteiger partial charge in [-0.05, 0) is 44.7 Å². The highest BCUT2D eigenvalue weighted by Crippen LogP contribution is 2.22. The lowest BCUT2D eigenvalue weighted by Crippen LogP contribution is -2.44. The Hall–Kier alpha value is -2.94. The maximum Gasteiger partial charge on any atom is 0.387 e. The summed E-state index contributed by atoms with van der Waals surface area (Å²) in [5.41, 5.74) is 2.68. The van der Waals surface area contributed by atoms with Gasteiger partial charge in [0.05, 0.1) is 6.54 Å². The van der Waals surface area contributed by atoms with E-state index in [9.17, 15) is 8.78 Å². The van der Waals surface area contributed by atoms with Gasteiger partial charge in [-0.15, -0.1) is 0 Å². The number of hydrogen-bond acceptors (Lipinski definition) is 5. The van der Waals surface area contributed by atoms with E-state index in [0.717, 1.165) is 43.1 Å². The van der Waals surface area contributed by atoms with Crippen molar-refractivity contribution in [2.45, 2.75) is 33.5 Å². The number of benzene rings is 1.